The van der Waals surface area contributed by atoms with E-state index >= 15 is 0 Å². The maximum atomic E-state index is 13.3. The van der Waals surface area contributed by atoms with Crippen LogP contribution < -0.4 is 5.32 Å². The van der Waals surface area contributed by atoms with Crippen molar-refractivity contribution in [2.24, 2.45) is 0 Å². The number of imide groups is 1. The Morgan fingerprint density at radius 3 is 2.06 bits per heavy atom. The van der Waals surface area contributed by atoms with Crippen LogP contribution in [0.1, 0.15) is 51.8 Å². The fourth-order valence-electron chi connectivity index (χ4n) is 3.97. The van der Waals surface area contributed by atoms with Gasteiger partial charge >= 0.3 is 0 Å². The monoisotopic (exact) mass is 459 g/mol. The summed E-state index contributed by atoms with van der Waals surface area (Å²) in [6.45, 7) is 6.19. The molecule has 1 aliphatic rings. The molecule has 1 N–H and O–H groups in total. The summed E-state index contributed by atoms with van der Waals surface area (Å²) in [5, 5.41) is 7.09. The standard InChI is InChI=1S/C25H25N5O4/c1-4-28(5-2)23(32)20-15-26-30(17-11-7-6-8-12-17)21(20)27-22(31)16(3)29-24(33)18-13-9-10-14-19(18)25(29)34/h6-16H,4-5H2,1-3H3,(H,27,31). The molecular formula is C25H25N5O4. The molecule has 9 nitrogen and oxygen atoms in total. The molecule has 0 aliphatic carbocycles. The van der Waals surface area contributed by atoms with Gasteiger partial charge in [0.1, 0.15) is 17.4 Å². The van der Waals surface area contributed by atoms with E-state index in [-0.39, 0.29) is 28.4 Å². The van der Waals surface area contributed by atoms with Crippen molar-refractivity contribution in [2.75, 3.05) is 18.4 Å². The molecule has 1 aromatic heterocycles. The number of carbonyl (C=O) groups is 4. The quantitative estimate of drug-likeness (QED) is 0.547. The molecule has 4 amide bonds. The van der Waals surface area contributed by atoms with Crippen LogP contribution >= 0.6 is 0 Å². The highest BCUT2D eigenvalue weighted by molar-refractivity contribution is 6.23. The van der Waals surface area contributed by atoms with Gasteiger partial charge in [-0.15, -0.1) is 0 Å². The molecule has 2 aromatic carbocycles. The van der Waals surface area contributed by atoms with Crippen LogP contribution in [0.4, 0.5) is 5.82 Å². The molecule has 9 heteroatoms. The molecule has 2 heterocycles. The Morgan fingerprint density at radius 2 is 1.50 bits per heavy atom. The predicted molar refractivity (Wildman–Crippen MR) is 126 cm³/mol. The van der Waals surface area contributed by atoms with E-state index in [0.29, 0.717) is 18.8 Å². The highest BCUT2D eigenvalue weighted by Gasteiger charge is 2.41. The van der Waals surface area contributed by atoms with Crippen LogP contribution in [0.5, 0.6) is 0 Å². The number of amides is 4. The lowest BCUT2D eigenvalue weighted by Crippen LogP contribution is -2.45. The first-order chi connectivity index (χ1) is 16.4. The Bertz CT molecular complexity index is 1230. The third kappa shape index (κ3) is 3.85. The average molecular weight is 460 g/mol. The van der Waals surface area contributed by atoms with Crippen LogP contribution in [-0.4, -0.2) is 62.3 Å². The van der Waals surface area contributed by atoms with Gasteiger partial charge in [0.05, 0.1) is 23.0 Å². The lowest BCUT2D eigenvalue weighted by molar-refractivity contribution is -0.119. The van der Waals surface area contributed by atoms with Gasteiger partial charge in [-0.25, -0.2) is 4.68 Å². The molecule has 0 bridgehead atoms. The Hall–Kier alpha value is -4.27. The second-order valence-electron chi connectivity index (χ2n) is 7.82. The Labute approximate surface area is 197 Å². The Morgan fingerprint density at radius 1 is 0.941 bits per heavy atom. The molecule has 1 aliphatic heterocycles. The van der Waals surface area contributed by atoms with Gasteiger partial charge in [-0.3, -0.25) is 24.1 Å². The third-order valence-corrected chi connectivity index (χ3v) is 5.88. The Balaban J connectivity index is 1.68. The van der Waals surface area contributed by atoms with Gasteiger partial charge in [-0.05, 0) is 45.0 Å². The van der Waals surface area contributed by atoms with Crippen LogP contribution in [0.2, 0.25) is 0 Å². The zero-order chi connectivity index (χ0) is 24.4. The summed E-state index contributed by atoms with van der Waals surface area (Å²) in [6, 6.07) is 14.4. The molecule has 3 aromatic rings. The number of para-hydroxylation sites is 1. The highest BCUT2D eigenvalue weighted by Crippen LogP contribution is 2.26. The van der Waals surface area contributed by atoms with Crippen molar-refractivity contribution in [3.63, 3.8) is 0 Å². The van der Waals surface area contributed by atoms with E-state index in [4.69, 9.17) is 0 Å². The molecule has 1 unspecified atom stereocenters. The SMILES string of the molecule is CCN(CC)C(=O)c1cnn(-c2ccccc2)c1NC(=O)C(C)N1C(=O)c2ccccc2C1=O. The molecule has 0 fully saturated rings. The van der Waals surface area contributed by atoms with Gasteiger partial charge in [-0.2, -0.15) is 5.10 Å². The lowest BCUT2D eigenvalue weighted by Gasteiger charge is -2.23. The number of hydrogen-bond donors (Lipinski definition) is 1. The maximum absolute atomic E-state index is 13.3. The molecule has 0 saturated carbocycles. The summed E-state index contributed by atoms with van der Waals surface area (Å²) < 4.78 is 1.46. The van der Waals surface area contributed by atoms with Crippen molar-refractivity contribution in [1.82, 2.24) is 19.6 Å². The van der Waals surface area contributed by atoms with Gasteiger partial charge in [0, 0.05) is 13.1 Å². The minimum Gasteiger partial charge on any atom is -0.339 e. The van der Waals surface area contributed by atoms with Crippen molar-refractivity contribution in [3.05, 3.63) is 77.5 Å². The molecule has 34 heavy (non-hydrogen) atoms. The summed E-state index contributed by atoms with van der Waals surface area (Å²) in [5.41, 5.74) is 1.39. The van der Waals surface area contributed by atoms with E-state index < -0.39 is 23.8 Å². The molecule has 1 atom stereocenters. The van der Waals surface area contributed by atoms with Crippen molar-refractivity contribution in [2.45, 2.75) is 26.8 Å². The molecule has 0 spiro atoms. The normalized spacial score (nSPS) is 13.6. The van der Waals surface area contributed by atoms with Crippen molar-refractivity contribution >= 4 is 29.4 Å². The second-order valence-corrected chi connectivity index (χ2v) is 7.82. The number of fused-ring (bicyclic) bond motifs is 1. The fourth-order valence-corrected chi connectivity index (χ4v) is 3.97. The number of aromatic nitrogens is 2. The predicted octanol–water partition coefficient (Wildman–Crippen LogP) is 2.98. The van der Waals surface area contributed by atoms with E-state index in [1.165, 1.54) is 17.8 Å². The van der Waals surface area contributed by atoms with Crippen molar-refractivity contribution < 1.29 is 19.2 Å². The van der Waals surface area contributed by atoms with Crippen LogP contribution in [0.25, 0.3) is 5.69 Å². The van der Waals surface area contributed by atoms with Crippen molar-refractivity contribution in [3.8, 4) is 5.69 Å². The van der Waals surface area contributed by atoms with E-state index in [1.54, 1.807) is 41.3 Å². The number of hydrogen-bond acceptors (Lipinski definition) is 5. The zero-order valence-electron chi connectivity index (χ0n) is 19.2. The van der Waals surface area contributed by atoms with E-state index in [2.05, 4.69) is 10.4 Å². The number of nitrogens with zero attached hydrogens (tertiary/aromatic N) is 4. The van der Waals surface area contributed by atoms with Gasteiger partial charge in [0.15, 0.2) is 0 Å². The first-order valence-electron chi connectivity index (χ1n) is 11.1. The number of benzene rings is 2. The lowest BCUT2D eigenvalue weighted by atomic mass is 10.1. The van der Waals surface area contributed by atoms with E-state index in [0.717, 1.165) is 4.90 Å². The van der Waals surface area contributed by atoms with Gasteiger partial charge < -0.3 is 10.2 Å². The summed E-state index contributed by atoms with van der Waals surface area (Å²) >= 11 is 0. The minimum atomic E-state index is -1.11. The number of anilines is 1. The van der Waals surface area contributed by atoms with Gasteiger partial charge in [0.25, 0.3) is 17.7 Å². The zero-order valence-corrected chi connectivity index (χ0v) is 19.2. The topological polar surface area (TPSA) is 105 Å². The first kappa shape index (κ1) is 22.9. The summed E-state index contributed by atoms with van der Waals surface area (Å²) in [7, 11) is 0. The van der Waals surface area contributed by atoms with Crippen LogP contribution in [0.3, 0.4) is 0 Å². The average Bonchev–Trinajstić information content (AvgIpc) is 3.38. The fraction of sp³-hybridized carbons (Fsp3) is 0.240. The summed E-state index contributed by atoms with van der Waals surface area (Å²) in [5.74, 6) is -1.77. The van der Waals surface area contributed by atoms with Crippen LogP contribution in [-0.2, 0) is 4.79 Å². The van der Waals surface area contributed by atoms with E-state index in [1.807, 2.05) is 32.0 Å². The van der Waals surface area contributed by atoms with Crippen LogP contribution in [0, 0.1) is 0 Å². The largest absolute Gasteiger partial charge is 0.339 e. The molecule has 4 rings (SSSR count). The molecule has 0 saturated heterocycles. The number of rotatable bonds is 7. The maximum Gasteiger partial charge on any atom is 0.262 e. The smallest absolute Gasteiger partial charge is 0.262 e. The van der Waals surface area contributed by atoms with Gasteiger partial charge in [0.2, 0.25) is 5.91 Å². The number of nitrogens with one attached hydrogen (secondary N) is 1. The second kappa shape index (κ2) is 9.30. The highest BCUT2D eigenvalue weighted by atomic mass is 16.2. The molecular weight excluding hydrogens is 434 g/mol. The molecule has 0 radical (unpaired) electrons. The Kier molecular flexibility index (Phi) is 6.27. The van der Waals surface area contributed by atoms with Gasteiger partial charge in [-0.1, -0.05) is 30.3 Å². The molecule has 174 valence electrons. The van der Waals surface area contributed by atoms with Crippen molar-refractivity contribution in [1.29, 1.82) is 0 Å². The van der Waals surface area contributed by atoms with Crippen LogP contribution in [0.15, 0.2) is 60.8 Å². The summed E-state index contributed by atoms with van der Waals surface area (Å²) in [4.78, 5) is 54.6. The van der Waals surface area contributed by atoms with E-state index in [9.17, 15) is 19.2 Å². The number of carbonyl (C=O) groups excluding carboxylic acids is 4. The first-order valence-corrected chi connectivity index (χ1v) is 11.1. The third-order valence-electron chi connectivity index (χ3n) is 5.88. The minimum absolute atomic E-state index is 0.177. The summed E-state index contributed by atoms with van der Waals surface area (Å²) in [6.07, 6.45) is 1.41.